The molecule has 0 aliphatic carbocycles. The Morgan fingerprint density at radius 3 is 2.42 bits per heavy atom. The maximum atomic E-state index is 12.4. The zero-order valence-corrected chi connectivity index (χ0v) is 15.7. The van der Waals surface area contributed by atoms with E-state index in [-0.39, 0.29) is 16.4 Å². The Hall–Kier alpha value is -1.16. The molecule has 1 aliphatic rings. The second-order valence-corrected chi connectivity index (χ2v) is 10.8. The lowest BCUT2D eigenvalue weighted by molar-refractivity contribution is -0.122. The predicted molar refractivity (Wildman–Crippen MR) is 91.1 cm³/mol. The second kappa shape index (κ2) is 6.62. The molecule has 0 unspecified atom stereocenters. The van der Waals surface area contributed by atoms with Gasteiger partial charge in [0, 0.05) is 12.1 Å². The van der Waals surface area contributed by atoms with Crippen molar-refractivity contribution in [1.82, 2.24) is 9.62 Å². The zero-order chi connectivity index (χ0) is 18.2. The minimum Gasteiger partial charge on any atom is -0.349 e. The quantitative estimate of drug-likeness (QED) is 0.790. The number of carbonyl (C=O) groups excluding carboxylic acids is 1. The first-order valence-corrected chi connectivity index (χ1v) is 10.8. The third-order valence-corrected chi connectivity index (χ3v) is 7.81. The van der Waals surface area contributed by atoms with Crippen LogP contribution < -0.4 is 5.32 Å². The van der Waals surface area contributed by atoms with Gasteiger partial charge in [0.25, 0.3) is 0 Å². The van der Waals surface area contributed by atoms with E-state index in [0.29, 0.717) is 11.4 Å². The van der Waals surface area contributed by atoms with Crippen LogP contribution in [0.5, 0.6) is 0 Å². The number of carbonyl (C=O) groups is 1. The SMILES string of the molecule is CN(CC(=O)N[C@]1(C)CCS(=O)(=O)C1)S(=O)(=O)c1ccc(Cl)cc1. The number of likely N-dealkylation sites (N-methyl/N-ethyl adjacent to an activating group) is 1. The summed E-state index contributed by atoms with van der Waals surface area (Å²) in [6.07, 6.45) is 0.314. The number of hydrogen-bond acceptors (Lipinski definition) is 5. The number of nitrogens with one attached hydrogen (secondary N) is 1. The fraction of sp³-hybridized carbons (Fsp3) is 0.500. The molecule has 1 heterocycles. The van der Waals surface area contributed by atoms with E-state index in [2.05, 4.69) is 5.32 Å². The molecule has 1 atom stereocenters. The van der Waals surface area contributed by atoms with Crippen molar-refractivity contribution in [2.45, 2.75) is 23.8 Å². The third kappa shape index (κ3) is 4.47. The number of rotatable bonds is 5. The summed E-state index contributed by atoms with van der Waals surface area (Å²) >= 11 is 5.74. The van der Waals surface area contributed by atoms with E-state index in [0.717, 1.165) is 4.31 Å². The monoisotopic (exact) mass is 394 g/mol. The van der Waals surface area contributed by atoms with Crippen LogP contribution in [-0.4, -0.2) is 57.7 Å². The van der Waals surface area contributed by atoms with Gasteiger partial charge >= 0.3 is 0 Å². The summed E-state index contributed by atoms with van der Waals surface area (Å²) in [6.45, 7) is 1.24. The van der Waals surface area contributed by atoms with E-state index >= 15 is 0 Å². The summed E-state index contributed by atoms with van der Waals surface area (Å²) in [7, 11) is -5.71. The van der Waals surface area contributed by atoms with Crippen molar-refractivity contribution >= 4 is 37.4 Å². The highest BCUT2D eigenvalue weighted by atomic mass is 35.5. The number of halogens is 1. The van der Waals surface area contributed by atoms with Gasteiger partial charge in [-0.05, 0) is 37.6 Å². The van der Waals surface area contributed by atoms with Gasteiger partial charge in [-0.3, -0.25) is 4.79 Å². The first-order valence-electron chi connectivity index (χ1n) is 7.17. The highest BCUT2D eigenvalue weighted by Gasteiger charge is 2.39. The fourth-order valence-corrected chi connectivity index (χ4v) is 5.91. The van der Waals surface area contributed by atoms with Gasteiger partial charge < -0.3 is 5.32 Å². The van der Waals surface area contributed by atoms with E-state index in [9.17, 15) is 21.6 Å². The van der Waals surface area contributed by atoms with Crippen LogP contribution in [0.2, 0.25) is 5.02 Å². The molecule has 1 aliphatic heterocycles. The smallest absolute Gasteiger partial charge is 0.243 e. The number of amides is 1. The molecule has 10 heteroatoms. The summed E-state index contributed by atoms with van der Waals surface area (Å²) in [6, 6.07) is 5.62. The first kappa shape index (κ1) is 19.2. The first-order chi connectivity index (χ1) is 10.9. The van der Waals surface area contributed by atoms with Gasteiger partial charge in [0.05, 0.1) is 28.5 Å². The van der Waals surface area contributed by atoms with E-state index in [4.69, 9.17) is 11.6 Å². The molecular weight excluding hydrogens is 376 g/mol. The third-order valence-electron chi connectivity index (χ3n) is 3.83. The number of sulfone groups is 1. The van der Waals surface area contributed by atoms with Gasteiger partial charge in [-0.2, -0.15) is 4.31 Å². The van der Waals surface area contributed by atoms with Crippen molar-refractivity contribution in [1.29, 1.82) is 0 Å². The van der Waals surface area contributed by atoms with E-state index < -0.39 is 37.9 Å². The summed E-state index contributed by atoms with van der Waals surface area (Å²) < 4.78 is 48.8. The normalized spacial score (nSPS) is 23.3. The minimum atomic E-state index is -3.83. The lowest BCUT2D eigenvalue weighted by Gasteiger charge is -2.25. The van der Waals surface area contributed by atoms with Gasteiger partial charge in [-0.15, -0.1) is 0 Å². The van der Waals surface area contributed by atoms with E-state index in [1.165, 1.54) is 31.3 Å². The van der Waals surface area contributed by atoms with E-state index in [1.54, 1.807) is 6.92 Å². The van der Waals surface area contributed by atoms with Crippen molar-refractivity contribution in [2.75, 3.05) is 25.1 Å². The molecule has 134 valence electrons. The Morgan fingerprint density at radius 1 is 1.33 bits per heavy atom. The highest BCUT2D eigenvalue weighted by Crippen LogP contribution is 2.23. The van der Waals surface area contributed by atoms with Crippen molar-refractivity contribution < 1.29 is 21.6 Å². The molecule has 0 spiro atoms. The molecule has 7 nitrogen and oxygen atoms in total. The topological polar surface area (TPSA) is 101 Å². The Bertz CT molecular complexity index is 836. The van der Waals surface area contributed by atoms with Gasteiger partial charge in [-0.25, -0.2) is 16.8 Å². The van der Waals surface area contributed by atoms with Crippen LogP contribution in [0, 0.1) is 0 Å². The number of sulfonamides is 1. The molecule has 0 bridgehead atoms. The average Bonchev–Trinajstić information content (AvgIpc) is 2.72. The molecule has 2 rings (SSSR count). The molecule has 0 saturated carbocycles. The second-order valence-electron chi connectivity index (χ2n) is 6.17. The van der Waals surface area contributed by atoms with Gasteiger partial charge in [-0.1, -0.05) is 11.6 Å². The van der Waals surface area contributed by atoms with Gasteiger partial charge in [0.15, 0.2) is 9.84 Å². The van der Waals surface area contributed by atoms with Crippen LogP contribution in [0.3, 0.4) is 0 Å². The lowest BCUT2D eigenvalue weighted by Crippen LogP contribution is -2.50. The van der Waals surface area contributed by atoms with Crippen molar-refractivity contribution in [3.63, 3.8) is 0 Å². The maximum Gasteiger partial charge on any atom is 0.243 e. The van der Waals surface area contributed by atoms with Crippen molar-refractivity contribution in [3.05, 3.63) is 29.3 Å². The summed E-state index contributed by atoms with van der Waals surface area (Å²) in [5.41, 5.74) is -0.860. The van der Waals surface area contributed by atoms with Crippen molar-refractivity contribution in [3.8, 4) is 0 Å². The molecule has 1 fully saturated rings. The largest absolute Gasteiger partial charge is 0.349 e. The molecule has 0 radical (unpaired) electrons. The van der Waals surface area contributed by atoms with Crippen LogP contribution in [0.1, 0.15) is 13.3 Å². The van der Waals surface area contributed by atoms with Gasteiger partial charge in [0.2, 0.25) is 15.9 Å². The molecular formula is C14H19ClN2O5S2. The Balaban J connectivity index is 2.05. The zero-order valence-electron chi connectivity index (χ0n) is 13.3. The number of benzene rings is 1. The average molecular weight is 395 g/mol. The van der Waals surface area contributed by atoms with Crippen LogP contribution in [0.15, 0.2) is 29.2 Å². The number of hydrogen-bond donors (Lipinski definition) is 1. The maximum absolute atomic E-state index is 12.4. The van der Waals surface area contributed by atoms with Crippen LogP contribution >= 0.6 is 11.6 Å². The summed E-state index contributed by atoms with van der Waals surface area (Å²) in [5, 5.41) is 3.04. The predicted octanol–water partition coefficient (Wildman–Crippen LogP) is 0.654. The summed E-state index contributed by atoms with van der Waals surface area (Å²) in [4.78, 5) is 12.1. The molecule has 1 aromatic carbocycles. The summed E-state index contributed by atoms with van der Waals surface area (Å²) in [5.74, 6) is -0.670. The molecule has 1 N–H and O–H groups in total. The van der Waals surface area contributed by atoms with Gasteiger partial charge in [0.1, 0.15) is 0 Å². The number of nitrogens with zero attached hydrogens (tertiary/aromatic N) is 1. The van der Waals surface area contributed by atoms with Crippen LogP contribution in [0.4, 0.5) is 0 Å². The molecule has 1 aromatic rings. The molecule has 24 heavy (non-hydrogen) atoms. The molecule has 0 aromatic heterocycles. The molecule has 1 saturated heterocycles. The van der Waals surface area contributed by atoms with Crippen molar-refractivity contribution in [2.24, 2.45) is 0 Å². The Labute approximate surface area is 147 Å². The highest BCUT2D eigenvalue weighted by molar-refractivity contribution is 7.91. The Kier molecular flexibility index (Phi) is 5.29. The Morgan fingerprint density at radius 2 is 1.92 bits per heavy atom. The fourth-order valence-electron chi connectivity index (χ4n) is 2.56. The lowest BCUT2D eigenvalue weighted by atomic mass is 10.0. The van der Waals surface area contributed by atoms with E-state index in [1.807, 2.05) is 0 Å². The molecule has 1 amide bonds. The minimum absolute atomic E-state index is 0.0166. The standard InChI is InChI=1S/C14H19ClN2O5S2/c1-14(7-8-23(19,20)10-14)16-13(18)9-17(2)24(21,22)12-5-3-11(15)4-6-12/h3-6H,7-10H2,1-2H3,(H,16,18)/t14-/m1/s1. The van der Waals surface area contributed by atoms with Crippen LogP contribution in [-0.2, 0) is 24.7 Å². The van der Waals surface area contributed by atoms with Crippen LogP contribution in [0.25, 0.3) is 0 Å².